The molecule has 7 heteroatoms. The standard InChI is InChI=1S/C19H22N2O3S.ClH/c20-17-10-12-21(13-11-17)19(22)16-6-8-18(9-7-16)25(23,24)14-15-4-2-1-3-5-15;/h1-9,17H,10-14,20H2;1H. The molecule has 1 aliphatic heterocycles. The number of likely N-dealkylation sites (tertiary alicyclic amines) is 1. The van der Waals surface area contributed by atoms with Gasteiger partial charge in [-0.2, -0.15) is 0 Å². The van der Waals surface area contributed by atoms with E-state index in [1.807, 2.05) is 18.2 Å². The highest BCUT2D eigenvalue weighted by atomic mass is 35.5. The SMILES string of the molecule is Cl.NC1CCN(C(=O)c2ccc(S(=O)(=O)Cc3ccccc3)cc2)CC1. The molecule has 5 nitrogen and oxygen atoms in total. The summed E-state index contributed by atoms with van der Waals surface area (Å²) in [6, 6.07) is 15.4. The van der Waals surface area contributed by atoms with Crippen LogP contribution in [0, 0.1) is 0 Å². The second kappa shape index (κ2) is 8.66. The molecule has 2 aromatic carbocycles. The summed E-state index contributed by atoms with van der Waals surface area (Å²) in [7, 11) is -3.43. The molecular weight excluding hydrogens is 372 g/mol. The van der Waals surface area contributed by atoms with Crippen LogP contribution < -0.4 is 5.73 Å². The molecule has 0 unspecified atom stereocenters. The van der Waals surface area contributed by atoms with Crippen LogP contribution in [0.4, 0.5) is 0 Å². The summed E-state index contributed by atoms with van der Waals surface area (Å²) in [4.78, 5) is 14.5. The molecule has 0 aliphatic carbocycles. The predicted octanol–water partition coefficient (Wildman–Crippen LogP) is 2.65. The van der Waals surface area contributed by atoms with Gasteiger partial charge >= 0.3 is 0 Å². The number of sulfone groups is 1. The number of halogens is 1. The topological polar surface area (TPSA) is 80.5 Å². The Balaban J connectivity index is 0.00000243. The monoisotopic (exact) mass is 394 g/mol. The molecule has 0 spiro atoms. The zero-order chi connectivity index (χ0) is 17.9. The van der Waals surface area contributed by atoms with E-state index in [0.29, 0.717) is 18.7 Å². The van der Waals surface area contributed by atoms with E-state index >= 15 is 0 Å². The highest BCUT2D eigenvalue weighted by molar-refractivity contribution is 7.90. The zero-order valence-corrected chi connectivity index (χ0v) is 16.0. The number of hydrogen-bond acceptors (Lipinski definition) is 4. The van der Waals surface area contributed by atoms with Crippen molar-refractivity contribution in [2.24, 2.45) is 5.73 Å². The maximum atomic E-state index is 12.5. The lowest BCUT2D eigenvalue weighted by atomic mass is 10.1. The number of carbonyl (C=O) groups excluding carboxylic acids is 1. The first kappa shape index (κ1) is 20.4. The lowest BCUT2D eigenvalue weighted by molar-refractivity contribution is 0.0714. The number of amides is 1. The van der Waals surface area contributed by atoms with Crippen LogP contribution in [0.15, 0.2) is 59.5 Å². The van der Waals surface area contributed by atoms with Crippen molar-refractivity contribution in [1.29, 1.82) is 0 Å². The molecule has 2 aromatic rings. The van der Waals surface area contributed by atoms with Crippen LogP contribution in [-0.4, -0.2) is 38.4 Å². The van der Waals surface area contributed by atoms with Crippen LogP contribution in [-0.2, 0) is 15.6 Å². The van der Waals surface area contributed by atoms with Crippen molar-refractivity contribution in [2.75, 3.05) is 13.1 Å². The molecule has 1 amide bonds. The Bertz CT molecular complexity index is 831. The molecule has 1 aliphatic rings. The Hall–Kier alpha value is -1.89. The number of nitrogens with zero attached hydrogens (tertiary/aromatic N) is 1. The minimum Gasteiger partial charge on any atom is -0.339 e. The van der Waals surface area contributed by atoms with Crippen LogP contribution in [0.25, 0.3) is 0 Å². The van der Waals surface area contributed by atoms with Crippen LogP contribution in [0.3, 0.4) is 0 Å². The van der Waals surface area contributed by atoms with Gasteiger partial charge in [-0.25, -0.2) is 8.42 Å². The van der Waals surface area contributed by atoms with E-state index in [4.69, 9.17) is 5.73 Å². The third-order valence-corrected chi connectivity index (χ3v) is 6.19. The molecule has 0 radical (unpaired) electrons. The highest BCUT2D eigenvalue weighted by Gasteiger charge is 2.22. The fourth-order valence-corrected chi connectivity index (χ4v) is 4.32. The van der Waals surface area contributed by atoms with Crippen LogP contribution in [0.1, 0.15) is 28.8 Å². The maximum Gasteiger partial charge on any atom is 0.253 e. The van der Waals surface area contributed by atoms with Crippen LogP contribution in [0.5, 0.6) is 0 Å². The van der Waals surface area contributed by atoms with Crippen molar-refractivity contribution >= 4 is 28.2 Å². The molecule has 140 valence electrons. The number of piperidine rings is 1. The van der Waals surface area contributed by atoms with E-state index in [9.17, 15) is 13.2 Å². The zero-order valence-electron chi connectivity index (χ0n) is 14.4. The number of carbonyl (C=O) groups is 1. The van der Waals surface area contributed by atoms with Crippen molar-refractivity contribution in [3.05, 3.63) is 65.7 Å². The molecule has 1 heterocycles. The van der Waals surface area contributed by atoms with Gasteiger partial charge in [0.15, 0.2) is 9.84 Å². The Morgan fingerprint density at radius 1 is 1.00 bits per heavy atom. The minimum absolute atomic E-state index is 0. The van der Waals surface area contributed by atoms with Gasteiger partial charge in [-0.05, 0) is 42.7 Å². The first-order chi connectivity index (χ1) is 12.0. The predicted molar refractivity (Wildman–Crippen MR) is 104 cm³/mol. The molecule has 0 saturated carbocycles. The second-order valence-electron chi connectivity index (χ2n) is 6.40. The van der Waals surface area contributed by atoms with E-state index in [-0.39, 0.29) is 35.0 Å². The summed E-state index contributed by atoms with van der Waals surface area (Å²) in [6.45, 7) is 1.29. The van der Waals surface area contributed by atoms with Gasteiger partial charge in [-0.3, -0.25) is 4.79 Å². The third kappa shape index (κ3) is 4.84. The molecule has 0 aromatic heterocycles. The Morgan fingerprint density at radius 2 is 1.58 bits per heavy atom. The molecule has 0 atom stereocenters. The summed E-state index contributed by atoms with van der Waals surface area (Å²) < 4.78 is 25.0. The maximum absolute atomic E-state index is 12.5. The summed E-state index contributed by atoms with van der Waals surface area (Å²) >= 11 is 0. The van der Waals surface area contributed by atoms with E-state index in [1.165, 1.54) is 12.1 Å². The number of benzene rings is 2. The average molecular weight is 395 g/mol. The van der Waals surface area contributed by atoms with E-state index < -0.39 is 9.84 Å². The lowest BCUT2D eigenvalue weighted by Crippen LogP contribution is -2.42. The van der Waals surface area contributed by atoms with Crippen LogP contribution >= 0.6 is 12.4 Å². The normalized spacial score (nSPS) is 15.3. The molecule has 26 heavy (non-hydrogen) atoms. The fourth-order valence-electron chi connectivity index (χ4n) is 2.97. The number of rotatable bonds is 4. The van der Waals surface area contributed by atoms with Crippen molar-refractivity contribution < 1.29 is 13.2 Å². The second-order valence-corrected chi connectivity index (χ2v) is 8.39. The largest absolute Gasteiger partial charge is 0.339 e. The first-order valence-corrected chi connectivity index (χ1v) is 10.0. The van der Waals surface area contributed by atoms with Gasteiger partial charge in [-0.1, -0.05) is 30.3 Å². The Morgan fingerprint density at radius 3 is 2.15 bits per heavy atom. The van der Waals surface area contributed by atoms with Crippen molar-refractivity contribution in [3.63, 3.8) is 0 Å². The summed E-state index contributed by atoms with van der Waals surface area (Å²) in [5.74, 6) is -0.121. The summed E-state index contributed by atoms with van der Waals surface area (Å²) in [6.07, 6.45) is 1.60. The fraction of sp³-hybridized carbons (Fsp3) is 0.316. The minimum atomic E-state index is -3.43. The van der Waals surface area contributed by atoms with Gasteiger partial charge in [0, 0.05) is 24.7 Å². The van der Waals surface area contributed by atoms with Gasteiger partial charge in [-0.15, -0.1) is 12.4 Å². The van der Waals surface area contributed by atoms with Gasteiger partial charge in [0.05, 0.1) is 10.6 Å². The smallest absolute Gasteiger partial charge is 0.253 e. The third-order valence-electron chi connectivity index (χ3n) is 4.49. The number of nitrogens with two attached hydrogens (primary N) is 1. The van der Waals surface area contributed by atoms with Gasteiger partial charge in [0.1, 0.15) is 0 Å². The first-order valence-electron chi connectivity index (χ1n) is 8.37. The van der Waals surface area contributed by atoms with Crippen molar-refractivity contribution in [1.82, 2.24) is 4.90 Å². The van der Waals surface area contributed by atoms with Crippen molar-refractivity contribution in [2.45, 2.75) is 29.5 Å². The molecule has 3 rings (SSSR count). The van der Waals surface area contributed by atoms with E-state index in [0.717, 1.165) is 18.4 Å². The van der Waals surface area contributed by atoms with Crippen LogP contribution in [0.2, 0.25) is 0 Å². The molecule has 2 N–H and O–H groups in total. The lowest BCUT2D eigenvalue weighted by Gasteiger charge is -2.30. The molecular formula is C19H23ClN2O3S. The summed E-state index contributed by atoms with van der Waals surface area (Å²) in [5, 5.41) is 0. The molecule has 1 fully saturated rings. The number of hydrogen-bond donors (Lipinski definition) is 1. The Kier molecular flexibility index (Phi) is 6.81. The quantitative estimate of drug-likeness (QED) is 0.864. The van der Waals surface area contributed by atoms with Crippen molar-refractivity contribution in [3.8, 4) is 0 Å². The van der Waals surface area contributed by atoms with Gasteiger partial charge < -0.3 is 10.6 Å². The van der Waals surface area contributed by atoms with Gasteiger partial charge in [0.2, 0.25) is 0 Å². The van der Waals surface area contributed by atoms with E-state index in [1.54, 1.807) is 29.2 Å². The van der Waals surface area contributed by atoms with E-state index in [2.05, 4.69) is 0 Å². The summed E-state index contributed by atoms with van der Waals surface area (Å²) in [5.41, 5.74) is 7.11. The average Bonchev–Trinajstić information content (AvgIpc) is 2.62. The Labute approximate surface area is 160 Å². The van der Waals surface area contributed by atoms with Gasteiger partial charge in [0.25, 0.3) is 5.91 Å². The highest BCUT2D eigenvalue weighted by Crippen LogP contribution is 2.19. The molecule has 1 saturated heterocycles. The molecule has 0 bridgehead atoms.